The van der Waals surface area contributed by atoms with Gasteiger partial charge < -0.3 is 20.1 Å². The molecule has 0 saturated heterocycles. The van der Waals surface area contributed by atoms with E-state index in [0.717, 1.165) is 35.5 Å². The van der Waals surface area contributed by atoms with Gasteiger partial charge in [0.25, 0.3) is 0 Å². The van der Waals surface area contributed by atoms with Gasteiger partial charge in [0.15, 0.2) is 5.11 Å². The molecular weight excluding hydrogens is 356 g/mol. The standard InChI is InChI=1S/C18H20N2O3S2/c1-3-23-17(21)15-11-7-6-10-14(11)25-16(15)20-18(24)19-12-8-4-5-9-13(12)22-2/h4-5,8-9H,3,6-7,10H2,1-2H3,(H2,19,20,24). The number of carbonyl (C=O) groups excluding carboxylic acids is 1. The lowest BCUT2D eigenvalue weighted by atomic mass is 10.1. The van der Waals surface area contributed by atoms with Crippen molar-refractivity contribution in [3.63, 3.8) is 0 Å². The summed E-state index contributed by atoms with van der Waals surface area (Å²) in [4.78, 5) is 13.6. The van der Waals surface area contributed by atoms with Crippen LogP contribution < -0.4 is 15.4 Å². The molecule has 25 heavy (non-hydrogen) atoms. The third kappa shape index (κ3) is 3.77. The number of ether oxygens (including phenoxy) is 2. The van der Waals surface area contributed by atoms with Crippen LogP contribution in [0.2, 0.25) is 0 Å². The minimum absolute atomic E-state index is 0.288. The smallest absolute Gasteiger partial charge is 0.341 e. The highest BCUT2D eigenvalue weighted by Gasteiger charge is 2.27. The van der Waals surface area contributed by atoms with Gasteiger partial charge in [0.1, 0.15) is 10.8 Å². The van der Waals surface area contributed by atoms with Gasteiger partial charge in [-0.15, -0.1) is 11.3 Å². The molecule has 0 unspecified atom stereocenters. The molecule has 0 bridgehead atoms. The number of esters is 1. The van der Waals surface area contributed by atoms with E-state index in [2.05, 4.69) is 10.6 Å². The van der Waals surface area contributed by atoms with E-state index in [1.54, 1.807) is 18.4 Å². The van der Waals surface area contributed by atoms with E-state index >= 15 is 0 Å². The SMILES string of the molecule is CCOC(=O)c1c(NC(=S)Nc2ccccc2OC)sc2c1CCC2. The number of para-hydroxylation sites is 2. The van der Waals surface area contributed by atoms with E-state index in [1.807, 2.05) is 31.2 Å². The van der Waals surface area contributed by atoms with Crippen LogP contribution in [0.5, 0.6) is 5.75 Å². The predicted octanol–water partition coefficient (Wildman–Crippen LogP) is 4.23. The number of benzene rings is 1. The van der Waals surface area contributed by atoms with Crippen molar-refractivity contribution in [3.8, 4) is 5.75 Å². The molecule has 3 rings (SSSR count). The zero-order valence-electron chi connectivity index (χ0n) is 14.2. The lowest BCUT2D eigenvalue weighted by Crippen LogP contribution is -2.20. The normalized spacial score (nSPS) is 12.4. The number of aryl methyl sites for hydroxylation is 1. The maximum atomic E-state index is 12.4. The second-order valence-electron chi connectivity index (χ2n) is 5.56. The third-order valence-corrected chi connectivity index (χ3v) is 5.39. The molecule has 2 aromatic rings. The first kappa shape index (κ1) is 17.7. The van der Waals surface area contributed by atoms with Crippen molar-refractivity contribution in [2.24, 2.45) is 0 Å². The molecule has 132 valence electrons. The molecule has 0 spiro atoms. The van der Waals surface area contributed by atoms with Crippen LogP contribution in [0.3, 0.4) is 0 Å². The maximum Gasteiger partial charge on any atom is 0.341 e. The van der Waals surface area contributed by atoms with Crippen LogP contribution in [-0.4, -0.2) is 24.8 Å². The van der Waals surface area contributed by atoms with Gasteiger partial charge in [-0.3, -0.25) is 0 Å². The van der Waals surface area contributed by atoms with Gasteiger partial charge in [-0.1, -0.05) is 12.1 Å². The Morgan fingerprint density at radius 3 is 2.84 bits per heavy atom. The fourth-order valence-electron chi connectivity index (χ4n) is 2.92. The summed E-state index contributed by atoms with van der Waals surface area (Å²) in [6.45, 7) is 2.16. The molecule has 0 radical (unpaired) electrons. The molecule has 1 aliphatic rings. The lowest BCUT2D eigenvalue weighted by molar-refractivity contribution is 0.0527. The van der Waals surface area contributed by atoms with Crippen molar-refractivity contribution in [2.75, 3.05) is 24.4 Å². The summed E-state index contributed by atoms with van der Waals surface area (Å²) in [7, 11) is 1.61. The summed E-state index contributed by atoms with van der Waals surface area (Å²) >= 11 is 7.00. The molecule has 0 aliphatic heterocycles. The molecule has 0 saturated carbocycles. The van der Waals surface area contributed by atoms with Crippen LogP contribution in [0.1, 0.15) is 34.1 Å². The molecule has 5 nitrogen and oxygen atoms in total. The Balaban J connectivity index is 1.80. The van der Waals surface area contributed by atoms with Crippen LogP contribution in [0.25, 0.3) is 0 Å². The van der Waals surface area contributed by atoms with Gasteiger partial charge >= 0.3 is 5.97 Å². The van der Waals surface area contributed by atoms with Crippen molar-refractivity contribution in [2.45, 2.75) is 26.2 Å². The average molecular weight is 377 g/mol. The Kier molecular flexibility index (Phi) is 5.55. The van der Waals surface area contributed by atoms with Gasteiger partial charge in [0, 0.05) is 4.88 Å². The van der Waals surface area contributed by atoms with E-state index in [0.29, 0.717) is 23.0 Å². The van der Waals surface area contributed by atoms with E-state index in [1.165, 1.54) is 4.88 Å². The summed E-state index contributed by atoms with van der Waals surface area (Å²) < 4.78 is 10.6. The van der Waals surface area contributed by atoms with Crippen LogP contribution in [0.15, 0.2) is 24.3 Å². The predicted molar refractivity (Wildman–Crippen MR) is 105 cm³/mol. The molecule has 1 aromatic carbocycles. The second-order valence-corrected chi connectivity index (χ2v) is 7.07. The first-order valence-electron chi connectivity index (χ1n) is 8.16. The first-order chi connectivity index (χ1) is 12.1. The van der Waals surface area contributed by atoms with Crippen LogP contribution in [0, 0.1) is 0 Å². The van der Waals surface area contributed by atoms with Crippen molar-refractivity contribution in [1.82, 2.24) is 0 Å². The van der Waals surface area contributed by atoms with Crippen LogP contribution >= 0.6 is 23.6 Å². The summed E-state index contributed by atoms with van der Waals surface area (Å²) in [5.41, 5.74) is 2.50. The number of thiocarbonyl (C=S) groups is 1. The minimum Gasteiger partial charge on any atom is -0.495 e. The monoisotopic (exact) mass is 376 g/mol. The highest BCUT2D eigenvalue weighted by atomic mass is 32.1. The zero-order valence-corrected chi connectivity index (χ0v) is 15.8. The number of methoxy groups -OCH3 is 1. The van der Waals surface area contributed by atoms with Gasteiger partial charge in [-0.25, -0.2) is 4.79 Å². The first-order valence-corrected chi connectivity index (χ1v) is 9.39. The Morgan fingerprint density at radius 2 is 2.08 bits per heavy atom. The van der Waals surface area contributed by atoms with E-state index in [-0.39, 0.29) is 5.97 Å². The number of rotatable bonds is 5. The minimum atomic E-state index is -0.288. The Morgan fingerprint density at radius 1 is 1.28 bits per heavy atom. The van der Waals surface area contributed by atoms with Gasteiger partial charge in [0.05, 0.1) is 25.0 Å². The van der Waals surface area contributed by atoms with Gasteiger partial charge in [0.2, 0.25) is 0 Å². The summed E-state index contributed by atoms with van der Waals surface area (Å²) in [5, 5.41) is 7.44. The average Bonchev–Trinajstić information content (AvgIpc) is 3.15. The van der Waals surface area contributed by atoms with Gasteiger partial charge in [-0.05, 0) is 56.1 Å². The lowest BCUT2D eigenvalue weighted by Gasteiger charge is -2.13. The summed E-state index contributed by atoms with van der Waals surface area (Å²) in [6.07, 6.45) is 2.99. The highest BCUT2D eigenvalue weighted by molar-refractivity contribution is 7.80. The van der Waals surface area contributed by atoms with Crippen molar-refractivity contribution in [3.05, 3.63) is 40.3 Å². The second kappa shape index (κ2) is 7.84. The number of nitrogens with one attached hydrogen (secondary N) is 2. The Hall–Kier alpha value is -2.12. The van der Waals surface area contributed by atoms with Crippen LogP contribution in [0.4, 0.5) is 10.7 Å². The quantitative estimate of drug-likeness (QED) is 0.601. The number of carbonyl (C=O) groups is 1. The number of hydrogen-bond donors (Lipinski definition) is 2. The summed E-state index contributed by atoms with van der Waals surface area (Å²) in [6, 6.07) is 7.53. The highest BCUT2D eigenvalue weighted by Crippen LogP contribution is 2.39. The molecule has 7 heteroatoms. The fourth-order valence-corrected chi connectivity index (χ4v) is 4.47. The third-order valence-electron chi connectivity index (χ3n) is 3.98. The Bertz CT molecular complexity index is 802. The number of thiophene rings is 1. The molecule has 0 fully saturated rings. The Labute approximate surface area is 156 Å². The molecule has 0 amide bonds. The van der Waals surface area contributed by atoms with Crippen molar-refractivity contribution in [1.29, 1.82) is 0 Å². The number of hydrogen-bond acceptors (Lipinski definition) is 5. The van der Waals surface area contributed by atoms with Gasteiger partial charge in [-0.2, -0.15) is 0 Å². The van der Waals surface area contributed by atoms with E-state index in [9.17, 15) is 4.79 Å². The number of anilines is 2. The fraction of sp³-hybridized carbons (Fsp3) is 0.333. The summed E-state index contributed by atoms with van der Waals surface area (Å²) in [5.74, 6) is 0.412. The van der Waals surface area contributed by atoms with Crippen LogP contribution in [-0.2, 0) is 17.6 Å². The molecule has 1 aromatic heterocycles. The molecule has 2 N–H and O–H groups in total. The molecule has 0 atom stereocenters. The topological polar surface area (TPSA) is 59.6 Å². The van der Waals surface area contributed by atoms with Crippen molar-refractivity contribution >= 4 is 45.3 Å². The molecule has 1 aliphatic carbocycles. The zero-order chi connectivity index (χ0) is 17.8. The molecular formula is C18H20N2O3S2. The maximum absolute atomic E-state index is 12.4. The number of fused-ring (bicyclic) bond motifs is 1. The van der Waals surface area contributed by atoms with E-state index < -0.39 is 0 Å². The largest absolute Gasteiger partial charge is 0.495 e. The molecule has 1 heterocycles. The van der Waals surface area contributed by atoms with Crippen molar-refractivity contribution < 1.29 is 14.3 Å². The van der Waals surface area contributed by atoms with E-state index in [4.69, 9.17) is 21.7 Å².